The Hall–Kier alpha value is -3.71. The van der Waals surface area contributed by atoms with E-state index in [1.165, 1.54) is 0 Å². The van der Waals surface area contributed by atoms with Crippen LogP contribution in [-0.2, 0) is 0 Å². The van der Waals surface area contributed by atoms with Gasteiger partial charge in [-0.25, -0.2) is 9.78 Å². The van der Waals surface area contributed by atoms with Gasteiger partial charge in [0.05, 0.1) is 5.69 Å². The molecule has 0 atom stereocenters. The number of nitrogens with zero attached hydrogens (tertiary/aromatic N) is 1. The number of carbonyl (C=O) groups is 2. The van der Waals surface area contributed by atoms with Gasteiger partial charge in [0.25, 0.3) is 5.91 Å². The molecule has 150 valence electrons. The number of hydrogen-bond acceptors (Lipinski definition) is 4. The highest BCUT2D eigenvalue weighted by atomic mass is 32.1. The number of fused-ring (bicyclic) bond motifs is 1. The lowest BCUT2D eigenvalue weighted by Crippen LogP contribution is -2.19. The molecular weight excluding hydrogens is 396 g/mol. The van der Waals surface area contributed by atoms with E-state index >= 15 is 0 Å². The lowest BCUT2D eigenvalue weighted by molar-refractivity contribution is 0.103. The van der Waals surface area contributed by atoms with Gasteiger partial charge in [0.1, 0.15) is 4.88 Å². The molecule has 0 aliphatic heterocycles. The average molecular weight is 417 g/mol. The third-order valence-corrected chi connectivity index (χ3v) is 5.64. The third kappa shape index (κ3) is 4.31. The number of rotatable bonds is 4. The Labute approximate surface area is 178 Å². The van der Waals surface area contributed by atoms with E-state index < -0.39 is 6.03 Å². The van der Waals surface area contributed by atoms with Crippen LogP contribution >= 0.6 is 11.3 Å². The second-order valence-corrected chi connectivity index (χ2v) is 7.86. The van der Waals surface area contributed by atoms with Gasteiger partial charge in [-0.3, -0.25) is 10.1 Å². The van der Waals surface area contributed by atoms with Gasteiger partial charge in [-0.05, 0) is 37.4 Å². The predicted molar refractivity (Wildman–Crippen MR) is 123 cm³/mol. The molecule has 4 rings (SSSR count). The summed E-state index contributed by atoms with van der Waals surface area (Å²) < 4.78 is 0. The highest BCUT2D eigenvalue weighted by Gasteiger charge is 2.17. The summed E-state index contributed by atoms with van der Waals surface area (Å²) in [6, 6.07) is 20.7. The van der Waals surface area contributed by atoms with Crippen molar-refractivity contribution >= 4 is 50.6 Å². The molecule has 0 fully saturated rings. The number of aryl methyl sites for hydroxylation is 2. The second-order valence-electron chi connectivity index (χ2n) is 6.86. The van der Waals surface area contributed by atoms with Gasteiger partial charge in [0, 0.05) is 16.8 Å². The van der Waals surface area contributed by atoms with Crippen molar-refractivity contribution in [1.29, 1.82) is 0 Å². The normalized spacial score (nSPS) is 10.6. The molecule has 1 aromatic heterocycles. The Balaban J connectivity index is 1.47. The fourth-order valence-electron chi connectivity index (χ4n) is 3.07. The number of aromatic nitrogens is 1. The first-order valence-electron chi connectivity index (χ1n) is 9.41. The topological polar surface area (TPSA) is 83.1 Å². The second kappa shape index (κ2) is 8.34. The Morgan fingerprint density at radius 1 is 0.833 bits per heavy atom. The SMILES string of the molecule is Cc1ccc(NC(=O)Nc2nc(C)c(C(=O)Nc3cccc4ccccc34)s2)cc1. The van der Waals surface area contributed by atoms with Gasteiger partial charge in [-0.15, -0.1) is 0 Å². The van der Waals surface area contributed by atoms with Crippen LogP contribution in [0.15, 0.2) is 66.7 Å². The molecule has 1 heterocycles. The first-order chi connectivity index (χ1) is 14.5. The van der Waals surface area contributed by atoms with Gasteiger partial charge in [-0.1, -0.05) is 65.4 Å². The third-order valence-electron chi connectivity index (χ3n) is 4.57. The first-order valence-corrected chi connectivity index (χ1v) is 10.2. The zero-order chi connectivity index (χ0) is 21.1. The molecule has 3 amide bonds. The number of benzene rings is 3. The van der Waals surface area contributed by atoms with E-state index in [0.717, 1.165) is 33.4 Å². The van der Waals surface area contributed by atoms with Crippen LogP contribution in [0.3, 0.4) is 0 Å². The highest BCUT2D eigenvalue weighted by Crippen LogP contribution is 2.27. The maximum absolute atomic E-state index is 12.8. The molecule has 0 aliphatic rings. The van der Waals surface area contributed by atoms with Crippen LogP contribution in [0.5, 0.6) is 0 Å². The lowest BCUT2D eigenvalue weighted by atomic mass is 10.1. The maximum Gasteiger partial charge on any atom is 0.325 e. The van der Waals surface area contributed by atoms with Crippen molar-refractivity contribution < 1.29 is 9.59 Å². The Bertz CT molecular complexity index is 1230. The van der Waals surface area contributed by atoms with Gasteiger partial charge < -0.3 is 10.6 Å². The minimum absolute atomic E-state index is 0.256. The van der Waals surface area contributed by atoms with Crippen molar-refractivity contribution in [3.8, 4) is 0 Å². The molecule has 4 aromatic rings. The smallest absolute Gasteiger partial charge is 0.321 e. The summed E-state index contributed by atoms with van der Waals surface area (Å²) in [5.41, 5.74) is 3.08. The number of carbonyl (C=O) groups excluding carboxylic acids is 2. The number of urea groups is 1. The lowest BCUT2D eigenvalue weighted by Gasteiger charge is -2.08. The zero-order valence-electron chi connectivity index (χ0n) is 16.5. The number of thiazole rings is 1. The van der Waals surface area contributed by atoms with Crippen LogP contribution in [0.25, 0.3) is 10.8 Å². The standard InChI is InChI=1S/C23H20N4O2S/c1-14-10-12-17(13-11-14)25-22(29)27-23-24-15(2)20(30-23)21(28)26-19-9-5-7-16-6-3-4-8-18(16)19/h3-13H,1-2H3,(H,26,28)(H2,24,25,27,29). The van der Waals surface area contributed by atoms with Gasteiger partial charge in [0.2, 0.25) is 0 Å². The number of amides is 3. The Kier molecular flexibility index (Phi) is 5.45. The van der Waals surface area contributed by atoms with Crippen LogP contribution < -0.4 is 16.0 Å². The highest BCUT2D eigenvalue weighted by molar-refractivity contribution is 7.17. The van der Waals surface area contributed by atoms with Crippen LogP contribution in [0.1, 0.15) is 20.9 Å². The van der Waals surface area contributed by atoms with Crippen LogP contribution in [0.2, 0.25) is 0 Å². The minimum Gasteiger partial charge on any atom is -0.321 e. The van der Waals surface area contributed by atoms with E-state index in [0.29, 0.717) is 21.4 Å². The van der Waals surface area contributed by atoms with Crippen molar-refractivity contribution in [2.75, 3.05) is 16.0 Å². The van der Waals surface area contributed by atoms with E-state index in [9.17, 15) is 9.59 Å². The summed E-state index contributed by atoms with van der Waals surface area (Å²) in [4.78, 5) is 29.8. The molecule has 0 spiro atoms. The molecule has 0 bridgehead atoms. The predicted octanol–water partition coefficient (Wildman–Crippen LogP) is 5.81. The first kappa shape index (κ1) is 19.6. The molecule has 6 nitrogen and oxygen atoms in total. The average Bonchev–Trinajstić information content (AvgIpc) is 3.10. The largest absolute Gasteiger partial charge is 0.325 e. The molecule has 0 unspecified atom stereocenters. The number of hydrogen-bond donors (Lipinski definition) is 3. The maximum atomic E-state index is 12.8. The molecule has 0 radical (unpaired) electrons. The quantitative estimate of drug-likeness (QED) is 0.393. The molecule has 30 heavy (non-hydrogen) atoms. The summed E-state index contributed by atoms with van der Waals surface area (Å²) in [7, 11) is 0. The fraction of sp³-hybridized carbons (Fsp3) is 0.0870. The van der Waals surface area contributed by atoms with E-state index in [2.05, 4.69) is 20.9 Å². The summed E-state index contributed by atoms with van der Waals surface area (Å²) >= 11 is 1.14. The monoisotopic (exact) mass is 416 g/mol. The summed E-state index contributed by atoms with van der Waals surface area (Å²) in [6.07, 6.45) is 0. The molecule has 0 aliphatic carbocycles. The van der Waals surface area contributed by atoms with E-state index in [1.807, 2.05) is 73.7 Å². The van der Waals surface area contributed by atoms with Gasteiger partial charge in [0.15, 0.2) is 5.13 Å². The molecular formula is C23H20N4O2S. The van der Waals surface area contributed by atoms with E-state index in [1.54, 1.807) is 6.92 Å². The van der Waals surface area contributed by atoms with Crippen molar-refractivity contribution in [1.82, 2.24) is 4.98 Å². The van der Waals surface area contributed by atoms with E-state index in [-0.39, 0.29) is 5.91 Å². The van der Waals surface area contributed by atoms with Crippen molar-refractivity contribution in [3.05, 3.63) is 82.9 Å². The molecule has 0 saturated carbocycles. The molecule has 3 N–H and O–H groups in total. The van der Waals surface area contributed by atoms with Crippen LogP contribution in [0.4, 0.5) is 21.3 Å². The Morgan fingerprint density at radius 2 is 1.57 bits per heavy atom. The fourth-order valence-corrected chi connectivity index (χ4v) is 3.93. The zero-order valence-corrected chi connectivity index (χ0v) is 17.3. The van der Waals surface area contributed by atoms with Gasteiger partial charge in [-0.2, -0.15) is 0 Å². The minimum atomic E-state index is -0.409. The molecule has 7 heteroatoms. The van der Waals surface area contributed by atoms with E-state index in [4.69, 9.17) is 0 Å². The molecule has 3 aromatic carbocycles. The summed E-state index contributed by atoms with van der Waals surface area (Å²) in [6.45, 7) is 3.73. The Morgan fingerprint density at radius 3 is 2.37 bits per heavy atom. The van der Waals surface area contributed by atoms with Crippen LogP contribution in [-0.4, -0.2) is 16.9 Å². The van der Waals surface area contributed by atoms with Crippen molar-refractivity contribution in [2.45, 2.75) is 13.8 Å². The van der Waals surface area contributed by atoms with Gasteiger partial charge >= 0.3 is 6.03 Å². The van der Waals surface area contributed by atoms with Crippen molar-refractivity contribution in [2.24, 2.45) is 0 Å². The summed E-state index contributed by atoms with van der Waals surface area (Å²) in [5, 5.41) is 10.8. The molecule has 0 saturated heterocycles. The summed E-state index contributed by atoms with van der Waals surface area (Å²) in [5.74, 6) is -0.256. The van der Waals surface area contributed by atoms with Crippen molar-refractivity contribution in [3.63, 3.8) is 0 Å². The number of anilines is 3. The van der Waals surface area contributed by atoms with Crippen LogP contribution in [0, 0.1) is 13.8 Å². The number of nitrogens with one attached hydrogen (secondary N) is 3.